The quantitative estimate of drug-likeness (QED) is 0.406. The van der Waals surface area contributed by atoms with Crippen molar-refractivity contribution in [1.29, 1.82) is 0 Å². The van der Waals surface area contributed by atoms with Crippen LogP contribution in [0, 0.1) is 6.92 Å². The fourth-order valence-electron chi connectivity index (χ4n) is 2.68. The van der Waals surface area contributed by atoms with Crippen LogP contribution in [-0.2, 0) is 6.18 Å². The zero-order chi connectivity index (χ0) is 19.0. The first-order valence-electron chi connectivity index (χ1n) is 8.09. The molecule has 0 aliphatic rings. The minimum absolute atomic E-state index is 0.0725. The molecule has 27 heavy (non-hydrogen) atoms. The highest BCUT2D eigenvalue weighted by atomic mass is 32.1. The molecular formula is C20H13F3N2OS. The summed E-state index contributed by atoms with van der Waals surface area (Å²) in [7, 11) is 0. The summed E-state index contributed by atoms with van der Waals surface area (Å²) in [6, 6.07) is 17.4. The molecule has 0 N–H and O–H groups in total. The van der Waals surface area contributed by atoms with E-state index in [0.29, 0.717) is 22.7 Å². The van der Waals surface area contributed by atoms with Gasteiger partial charge in [-0.1, -0.05) is 65.3 Å². The van der Waals surface area contributed by atoms with E-state index in [4.69, 9.17) is 4.52 Å². The topological polar surface area (TPSA) is 38.9 Å². The van der Waals surface area contributed by atoms with Crippen LogP contribution in [-0.4, -0.2) is 10.1 Å². The van der Waals surface area contributed by atoms with Gasteiger partial charge in [-0.3, -0.25) is 0 Å². The Kier molecular flexibility index (Phi) is 4.31. The van der Waals surface area contributed by atoms with Gasteiger partial charge in [-0.2, -0.15) is 18.2 Å². The fraction of sp³-hybridized carbons (Fsp3) is 0.100. The minimum atomic E-state index is -4.46. The van der Waals surface area contributed by atoms with Crippen LogP contribution in [0.1, 0.15) is 10.4 Å². The molecule has 0 aliphatic heterocycles. The van der Waals surface area contributed by atoms with E-state index in [1.54, 1.807) is 30.3 Å². The Bertz CT molecular complexity index is 1070. The number of hydrogen-bond donors (Lipinski definition) is 0. The van der Waals surface area contributed by atoms with Crippen molar-refractivity contribution in [2.75, 3.05) is 0 Å². The number of benzene rings is 2. The normalized spacial score (nSPS) is 11.7. The molecule has 0 atom stereocenters. The molecule has 2 aromatic carbocycles. The second-order valence-corrected chi connectivity index (χ2v) is 7.06. The molecule has 0 unspecified atom stereocenters. The maximum Gasteiger partial charge on any atom is 0.426 e. The van der Waals surface area contributed by atoms with Crippen LogP contribution < -0.4 is 0 Å². The van der Waals surface area contributed by atoms with Crippen molar-refractivity contribution in [1.82, 2.24) is 10.1 Å². The Morgan fingerprint density at radius 1 is 0.926 bits per heavy atom. The lowest BCUT2D eigenvalue weighted by atomic mass is 10.1. The van der Waals surface area contributed by atoms with Crippen LogP contribution in [0.4, 0.5) is 13.2 Å². The molecule has 0 saturated carbocycles. The Labute approximate surface area is 157 Å². The van der Waals surface area contributed by atoms with Gasteiger partial charge >= 0.3 is 6.18 Å². The number of halogens is 3. The van der Waals surface area contributed by atoms with Gasteiger partial charge in [-0.05, 0) is 18.6 Å². The van der Waals surface area contributed by atoms with E-state index >= 15 is 0 Å². The molecule has 4 rings (SSSR count). The van der Waals surface area contributed by atoms with Gasteiger partial charge in [0.1, 0.15) is 4.88 Å². The van der Waals surface area contributed by atoms with Crippen LogP contribution in [0.5, 0.6) is 0 Å². The molecule has 0 aliphatic carbocycles. The Hall–Kier alpha value is -2.93. The highest BCUT2D eigenvalue weighted by Crippen LogP contribution is 2.45. The van der Waals surface area contributed by atoms with E-state index in [1.807, 2.05) is 31.2 Å². The van der Waals surface area contributed by atoms with Gasteiger partial charge in [-0.25, -0.2) is 0 Å². The van der Waals surface area contributed by atoms with E-state index < -0.39 is 11.1 Å². The van der Waals surface area contributed by atoms with Crippen molar-refractivity contribution in [3.63, 3.8) is 0 Å². The average Bonchev–Trinajstić information content (AvgIpc) is 3.30. The number of rotatable bonds is 3. The molecule has 0 fully saturated rings. The first kappa shape index (κ1) is 17.5. The van der Waals surface area contributed by atoms with Gasteiger partial charge < -0.3 is 4.52 Å². The smallest absolute Gasteiger partial charge is 0.333 e. The monoisotopic (exact) mass is 386 g/mol. The lowest BCUT2D eigenvalue weighted by molar-refractivity contribution is -0.133. The predicted octanol–water partition coefficient (Wildman–Crippen LogP) is 6.46. The van der Waals surface area contributed by atoms with Gasteiger partial charge in [0.25, 0.3) is 5.89 Å². The van der Waals surface area contributed by atoms with Crippen molar-refractivity contribution >= 4 is 11.3 Å². The zero-order valence-corrected chi connectivity index (χ0v) is 14.9. The van der Waals surface area contributed by atoms with Gasteiger partial charge in [0, 0.05) is 11.1 Å². The van der Waals surface area contributed by atoms with Gasteiger partial charge in [0.2, 0.25) is 5.82 Å². The third kappa shape index (κ3) is 3.50. The molecular weight excluding hydrogens is 373 g/mol. The van der Waals surface area contributed by atoms with Gasteiger partial charge in [0.05, 0.1) is 4.88 Å². The molecule has 0 bridgehead atoms. The molecule has 0 radical (unpaired) electrons. The van der Waals surface area contributed by atoms with E-state index in [2.05, 4.69) is 10.1 Å². The Balaban J connectivity index is 1.77. The molecule has 0 saturated heterocycles. The van der Waals surface area contributed by atoms with Crippen LogP contribution in [0.2, 0.25) is 0 Å². The second kappa shape index (κ2) is 6.66. The highest BCUT2D eigenvalue weighted by Gasteiger charge is 2.37. The Morgan fingerprint density at radius 3 is 2.30 bits per heavy atom. The van der Waals surface area contributed by atoms with Crippen molar-refractivity contribution in [2.24, 2.45) is 0 Å². The number of alkyl halides is 3. The van der Waals surface area contributed by atoms with Crippen molar-refractivity contribution < 1.29 is 17.7 Å². The molecule has 3 nitrogen and oxygen atoms in total. The summed E-state index contributed by atoms with van der Waals surface area (Å²) >= 11 is 0.604. The van der Waals surface area contributed by atoms with Crippen molar-refractivity contribution in [3.8, 4) is 33.3 Å². The van der Waals surface area contributed by atoms with E-state index in [9.17, 15) is 13.2 Å². The SMILES string of the molecule is Cc1ccc(-c2noc(-c3cc(-c4ccccc4)c(C(F)(F)F)s3)n2)cc1. The summed E-state index contributed by atoms with van der Waals surface area (Å²) in [5.74, 6) is 0.413. The van der Waals surface area contributed by atoms with Crippen molar-refractivity contribution in [3.05, 3.63) is 71.1 Å². The fourth-order valence-corrected chi connectivity index (χ4v) is 3.65. The summed E-state index contributed by atoms with van der Waals surface area (Å²) in [4.78, 5) is 3.88. The summed E-state index contributed by atoms with van der Waals surface area (Å²) in [5, 5.41) is 3.91. The zero-order valence-electron chi connectivity index (χ0n) is 14.1. The maximum atomic E-state index is 13.5. The maximum absolute atomic E-state index is 13.5. The molecule has 4 aromatic rings. The van der Waals surface area contributed by atoms with Crippen LogP contribution >= 0.6 is 11.3 Å². The van der Waals surface area contributed by atoms with Gasteiger partial charge in [0.15, 0.2) is 0 Å². The molecule has 2 aromatic heterocycles. The number of thiophene rings is 1. The summed E-state index contributed by atoms with van der Waals surface area (Å²) < 4.78 is 45.8. The second-order valence-electron chi connectivity index (χ2n) is 6.01. The average molecular weight is 386 g/mol. The van der Waals surface area contributed by atoms with Crippen LogP contribution in [0.3, 0.4) is 0 Å². The lowest BCUT2D eigenvalue weighted by Crippen LogP contribution is -2.03. The highest BCUT2D eigenvalue weighted by molar-refractivity contribution is 7.16. The Morgan fingerprint density at radius 2 is 1.63 bits per heavy atom. The molecule has 0 spiro atoms. The third-order valence-corrected chi connectivity index (χ3v) is 5.19. The van der Waals surface area contributed by atoms with Gasteiger partial charge in [-0.15, -0.1) is 11.3 Å². The standard InChI is InChI=1S/C20H13F3N2OS/c1-12-7-9-14(10-8-12)18-24-19(26-25-18)16-11-15(13-5-3-2-4-6-13)17(27-16)20(21,22)23/h2-11H,1H3. The number of hydrogen-bond acceptors (Lipinski definition) is 4. The summed E-state index contributed by atoms with van der Waals surface area (Å²) in [5.41, 5.74) is 2.43. The van der Waals surface area contributed by atoms with Crippen LogP contribution in [0.25, 0.3) is 33.3 Å². The first-order chi connectivity index (χ1) is 12.9. The summed E-state index contributed by atoms with van der Waals surface area (Å²) in [6.07, 6.45) is -4.46. The van der Waals surface area contributed by atoms with Crippen molar-refractivity contribution in [2.45, 2.75) is 13.1 Å². The van der Waals surface area contributed by atoms with E-state index in [-0.39, 0.29) is 16.3 Å². The lowest BCUT2D eigenvalue weighted by Gasteiger charge is -2.07. The first-order valence-corrected chi connectivity index (χ1v) is 8.91. The molecule has 136 valence electrons. The molecule has 7 heteroatoms. The van der Waals surface area contributed by atoms with Crippen LogP contribution in [0.15, 0.2) is 65.2 Å². The number of aryl methyl sites for hydroxylation is 1. The minimum Gasteiger partial charge on any atom is -0.333 e. The van der Waals surface area contributed by atoms with E-state index in [0.717, 1.165) is 11.1 Å². The number of nitrogens with zero attached hydrogens (tertiary/aromatic N) is 2. The summed E-state index contributed by atoms with van der Waals surface area (Å²) in [6.45, 7) is 1.96. The third-order valence-electron chi connectivity index (χ3n) is 4.02. The predicted molar refractivity (Wildman–Crippen MR) is 98.2 cm³/mol. The number of aromatic nitrogens is 2. The molecule has 0 amide bonds. The molecule has 2 heterocycles. The van der Waals surface area contributed by atoms with E-state index in [1.165, 1.54) is 6.07 Å². The largest absolute Gasteiger partial charge is 0.426 e.